The minimum atomic E-state index is -1.02. The van der Waals surface area contributed by atoms with Gasteiger partial charge in [0.25, 0.3) is 5.69 Å². The van der Waals surface area contributed by atoms with Crippen molar-refractivity contribution in [2.24, 2.45) is 0 Å². The highest BCUT2D eigenvalue weighted by Crippen LogP contribution is 2.24. The van der Waals surface area contributed by atoms with Crippen LogP contribution in [-0.2, 0) is 4.74 Å². The molecule has 0 fully saturated rings. The highest BCUT2D eigenvalue weighted by Gasteiger charge is 2.20. The monoisotopic (exact) mass is 228 g/mol. The molecule has 0 atom stereocenters. The molecule has 0 radical (unpaired) electrons. The van der Waals surface area contributed by atoms with Gasteiger partial charge in [0, 0.05) is 6.07 Å². The number of nitrogens with zero attached hydrogens (tertiary/aromatic N) is 1. The van der Waals surface area contributed by atoms with E-state index in [1.165, 1.54) is 0 Å². The third-order valence-electron chi connectivity index (χ3n) is 1.82. The lowest BCUT2D eigenvalue weighted by molar-refractivity contribution is -0.385. The molecule has 0 heterocycles. The van der Waals surface area contributed by atoms with Crippen molar-refractivity contribution in [1.29, 1.82) is 0 Å². The van der Waals surface area contributed by atoms with Gasteiger partial charge in [0.05, 0.1) is 28.8 Å². The Hall–Kier alpha value is -2.18. The van der Waals surface area contributed by atoms with Crippen LogP contribution in [0.15, 0.2) is 12.1 Å². The number of benzene rings is 1. The number of hydrogen-bond donors (Lipinski definition) is 1. The number of nitrogens with two attached hydrogens (primary N) is 1. The number of nitro groups is 1. The van der Waals surface area contributed by atoms with Gasteiger partial charge in [0.1, 0.15) is 0 Å². The fourth-order valence-corrected chi connectivity index (χ4v) is 1.09. The molecule has 7 heteroatoms. The maximum Gasteiger partial charge on any atom is 0.340 e. The largest absolute Gasteiger partial charge is 0.462 e. The normalized spacial score (nSPS) is 9.88. The molecule has 0 bridgehead atoms. The minimum Gasteiger partial charge on any atom is -0.462 e. The van der Waals surface area contributed by atoms with Crippen LogP contribution in [0.4, 0.5) is 15.8 Å². The van der Waals surface area contributed by atoms with E-state index in [0.29, 0.717) is 6.07 Å². The smallest absolute Gasteiger partial charge is 0.340 e. The molecule has 0 amide bonds. The Morgan fingerprint density at radius 1 is 1.62 bits per heavy atom. The predicted octanol–water partition coefficient (Wildman–Crippen LogP) is 1.49. The molecule has 86 valence electrons. The van der Waals surface area contributed by atoms with Crippen molar-refractivity contribution >= 4 is 17.3 Å². The van der Waals surface area contributed by atoms with Crippen molar-refractivity contribution in [3.05, 3.63) is 33.6 Å². The number of rotatable bonds is 3. The van der Waals surface area contributed by atoms with Crippen LogP contribution in [0.3, 0.4) is 0 Å². The quantitative estimate of drug-likeness (QED) is 0.366. The third kappa shape index (κ3) is 2.25. The van der Waals surface area contributed by atoms with E-state index >= 15 is 0 Å². The lowest BCUT2D eigenvalue weighted by Crippen LogP contribution is -2.10. The van der Waals surface area contributed by atoms with Crippen LogP contribution in [-0.4, -0.2) is 17.5 Å². The summed E-state index contributed by atoms with van der Waals surface area (Å²) in [5.74, 6) is -1.90. The van der Waals surface area contributed by atoms with Crippen LogP contribution in [0, 0.1) is 15.9 Å². The molecule has 1 aromatic rings. The van der Waals surface area contributed by atoms with Crippen molar-refractivity contribution in [2.75, 3.05) is 12.3 Å². The van der Waals surface area contributed by atoms with Crippen molar-refractivity contribution < 1.29 is 18.8 Å². The summed E-state index contributed by atoms with van der Waals surface area (Å²) in [7, 11) is 0. The minimum absolute atomic E-state index is 0.0720. The van der Waals surface area contributed by atoms with Crippen molar-refractivity contribution in [3.63, 3.8) is 0 Å². The number of carbonyl (C=O) groups excluding carboxylic acids is 1. The topological polar surface area (TPSA) is 95.5 Å². The van der Waals surface area contributed by atoms with Crippen molar-refractivity contribution in [2.45, 2.75) is 6.92 Å². The number of carbonyl (C=O) groups is 1. The molecule has 2 N–H and O–H groups in total. The molecule has 6 nitrogen and oxygen atoms in total. The zero-order valence-electron chi connectivity index (χ0n) is 8.40. The Kier molecular flexibility index (Phi) is 3.39. The van der Waals surface area contributed by atoms with Gasteiger partial charge in [-0.2, -0.15) is 0 Å². The summed E-state index contributed by atoms with van der Waals surface area (Å²) < 4.78 is 17.8. The summed E-state index contributed by atoms with van der Waals surface area (Å²) in [4.78, 5) is 20.9. The molecule has 1 aromatic carbocycles. The maximum absolute atomic E-state index is 13.2. The number of non-ortho nitro benzene ring substituents is 1. The van der Waals surface area contributed by atoms with Crippen LogP contribution in [0.2, 0.25) is 0 Å². The van der Waals surface area contributed by atoms with E-state index < -0.39 is 28.1 Å². The van der Waals surface area contributed by atoms with Crippen LogP contribution < -0.4 is 5.73 Å². The molecule has 0 saturated carbocycles. The molecule has 1 rings (SSSR count). The third-order valence-corrected chi connectivity index (χ3v) is 1.82. The van der Waals surface area contributed by atoms with Gasteiger partial charge in [0.15, 0.2) is 5.82 Å². The van der Waals surface area contributed by atoms with E-state index in [9.17, 15) is 19.3 Å². The van der Waals surface area contributed by atoms with Gasteiger partial charge in [-0.1, -0.05) is 0 Å². The second-order valence-corrected chi connectivity index (χ2v) is 2.87. The molecule has 0 aliphatic heterocycles. The van der Waals surface area contributed by atoms with Gasteiger partial charge >= 0.3 is 5.97 Å². The van der Waals surface area contributed by atoms with Crippen LogP contribution in [0.1, 0.15) is 17.3 Å². The first kappa shape index (κ1) is 11.9. The molecule has 0 spiro atoms. The predicted molar refractivity (Wildman–Crippen MR) is 53.4 cm³/mol. The van der Waals surface area contributed by atoms with Crippen LogP contribution in [0.25, 0.3) is 0 Å². The molecule has 0 aliphatic carbocycles. The SMILES string of the molecule is CCOC(=O)c1cc([N+](=O)[O-])cc(F)c1N. The summed E-state index contributed by atoms with van der Waals surface area (Å²) in [6.07, 6.45) is 0. The second kappa shape index (κ2) is 4.56. The Morgan fingerprint density at radius 2 is 2.25 bits per heavy atom. The standard InChI is InChI=1S/C9H9FN2O4/c1-2-16-9(13)6-3-5(12(14)15)4-7(10)8(6)11/h3-4H,2,11H2,1H3. The lowest BCUT2D eigenvalue weighted by atomic mass is 10.1. The number of ether oxygens (including phenoxy) is 1. The molecule has 0 aliphatic rings. The molecule has 0 aromatic heterocycles. The van der Waals surface area contributed by atoms with Gasteiger partial charge < -0.3 is 10.5 Å². The second-order valence-electron chi connectivity index (χ2n) is 2.87. The number of hydrogen-bond acceptors (Lipinski definition) is 5. The Balaban J connectivity index is 3.26. The Bertz CT molecular complexity index is 447. The molecular formula is C9H9FN2O4. The van der Waals surface area contributed by atoms with Gasteiger partial charge in [-0.15, -0.1) is 0 Å². The van der Waals surface area contributed by atoms with E-state index in [4.69, 9.17) is 5.73 Å². The average molecular weight is 228 g/mol. The first-order valence-electron chi connectivity index (χ1n) is 4.38. The number of anilines is 1. The first-order valence-corrected chi connectivity index (χ1v) is 4.38. The van der Waals surface area contributed by atoms with Crippen molar-refractivity contribution in [3.8, 4) is 0 Å². The molecule has 0 unspecified atom stereocenters. The fraction of sp³-hybridized carbons (Fsp3) is 0.222. The van der Waals surface area contributed by atoms with E-state index in [0.717, 1.165) is 6.07 Å². The number of esters is 1. The van der Waals surface area contributed by atoms with Gasteiger partial charge in [-0.3, -0.25) is 10.1 Å². The lowest BCUT2D eigenvalue weighted by Gasteiger charge is -2.05. The Labute approximate surface area is 90.0 Å². The highest BCUT2D eigenvalue weighted by molar-refractivity contribution is 5.96. The van der Waals surface area contributed by atoms with E-state index in [-0.39, 0.29) is 12.2 Å². The maximum atomic E-state index is 13.2. The van der Waals surface area contributed by atoms with Gasteiger partial charge in [-0.05, 0) is 6.92 Å². The van der Waals surface area contributed by atoms with E-state index in [2.05, 4.69) is 4.74 Å². The first-order chi connectivity index (χ1) is 7.47. The Morgan fingerprint density at radius 3 is 2.75 bits per heavy atom. The summed E-state index contributed by atoms with van der Waals surface area (Å²) >= 11 is 0. The van der Waals surface area contributed by atoms with E-state index in [1.54, 1.807) is 6.92 Å². The number of halogens is 1. The average Bonchev–Trinajstić information content (AvgIpc) is 2.21. The number of nitro benzene ring substituents is 1. The van der Waals surface area contributed by atoms with Crippen molar-refractivity contribution in [1.82, 2.24) is 0 Å². The zero-order valence-corrected chi connectivity index (χ0v) is 8.40. The summed E-state index contributed by atoms with van der Waals surface area (Å²) in [6.45, 7) is 1.63. The molecular weight excluding hydrogens is 219 g/mol. The molecule has 16 heavy (non-hydrogen) atoms. The van der Waals surface area contributed by atoms with E-state index in [1.807, 2.05) is 0 Å². The van der Waals surface area contributed by atoms with Gasteiger partial charge in [-0.25, -0.2) is 9.18 Å². The fourth-order valence-electron chi connectivity index (χ4n) is 1.09. The zero-order chi connectivity index (χ0) is 12.3. The summed E-state index contributed by atoms with van der Waals surface area (Å²) in [6, 6.07) is 1.54. The summed E-state index contributed by atoms with van der Waals surface area (Å²) in [5.41, 5.74) is 3.94. The van der Waals surface area contributed by atoms with Gasteiger partial charge in [0.2, 0.25) is 0 Å². The van der Waals surface area contributed by atoms with Crippen LogP contribution >= 0.6 is 0 Å². The highest BCUT2D eigenvalue weighted by atomic mass is 19.1. The number of nitrogen functional groups attached to an aromatic ring is 1. The molecule has 0 saturated heterocycles. The summed E-state index contributed by atoms with van der Waals surface area (Å²) in [5, 5.41) is 10.4. The van der Waals surface area contributed by atoms with Crippen LogP contribution in [0.5, 0.6) is 0 Å².